The quantitative estimate of drug-likeness (QED) is 0.253. The minimum Gasteiger partial charge on any atom is -0.494 e. The SMILES string of the molecule is COc1cc(C(=O)O)cc2sc(C3(O)CCC(OCc4c(C5CC5)nnn4-c4c(Cl)cccc4Cl)CC3)nc12. The monoisotopic (exact) mass is 588 g/mol. The van der Waals surface area contributed by atoms with Gasteiger partial charge in [-0.1, -0.05) is 34.5 Å². The summed E-state index contributed by atoms with van der Waals surface area (Å²) in [7, 11) is 1.48. The molecule has 2 saturated carbocycles. The molecule has 2 aromatic carbocycles. The molecule has 2 fully saturated rings. The van der Waals surface area contributed by atoms with Crippen molar-refractivity contribution in [2.45, 2.75) is 62.8 Å². The van der Waals surface area contributed by atoms with Crippen molar-refractivity contribution in [1.29, 1.82) is 0 Å². The van der Waals surface area contributed by atoms with Crippen molar-refractivity contribution in [3.05, 3.63) is 62.3 Å². The molecular weight excluding hydrogens is 563 g/mol. The summed E-state index contributed by atoms with van der Waals surface area (Å²) < 4.78 is 14.1. The number of methoxy groups -OCH3 is 1. The number of rotatable bonds is 8. The Morgan fingerprint density at radius 1 is 1.18 bits per heavy atom. The average molecular weight is 590 g/mol. The minimum absolute atomic E-state index is 0.0649. The Bertz CT molecular complexity index is 1540. The highest BCUT2D eigenvalue weighted by molar-refractivity contribution is 7.18. The number of carboxylic acids is 1. The summed E-state index contributed by atoms with van der Waals surface area (Å²) in [6, 6.07) is 8.36. The van der Waals surface area contributed by atoms with Gasteiger partial charge in [0.2, 0.25) is 0 Å². The summed E-state index contributed by atoms with van der Waals surface area (Å²) in [6.45, 7) is 0.305. The number of hydrogen-bond donors (Lipinski definition) is 2. The van der Waals surface area contributed by atoms with E-state index in [0.29, 0.717) is 74.9 Å². The van der Waals surface area contributed by atoms with E-state index in [1.54, 1.807) is 28.9 Å². The van der Waals surface area contributed by atoms with Gasteiger partial charge in [-0.05, 0) is 62.8 Å². The number of hydrogen-bond acceptors (Lipinski definition) is 8. The average Bonchev–Trinajstić information content (AvgIpc) is 3.52. The van der Waals surface area contributed by atoms with Crippen molar-refractivity contribution in [1.82, 2.24) is 20.0 Å². The summed E-state index contributed by atoms with van der Waals surface area (Å²) >= 11 is 14.2. The van der Waals surface area contributed by atoms with Crippen LogP contribution in [0.5, 0.6) is 5.75 Å². The molecule has 2 heterocycles. The fourth-order valence-electron chi connectivity index (χ4n) is 5.12. The van der Waals surface area contributed by atoms with E-state index in [0.717, 1.165) is 24.2 Å². The van der Waals surface area contributed by atoms with Crippen molar-refractivity contribution in [3.8, 4) is 11.4 Å². The number of para-hydroxylation sites is 1. The molecule has 2 N–H and O–H groups in total. The lowest BCUT2D eigenvalue weighted by atomic mass is 9.83. The number of nitrogens with zero attached hydrogens (tertiary/aromatic N) is 4. The molecule has 0 atom stereocenters. The van der Waals surface area contributed by atoms with E-state index in [9.17, 15) is 15.0 Å². The smallest absolute Gasteiger partial charge is 0.335 e. The zero-order valence-electron chi connectivity index (χ0n) is 21.1. The lowest BCUT2D eigenvalue weighted by Gasteiger charge is -2.34. The van der Waals surface area contributed by atoms with E-state index in [4.69, 9.17) is 32.7 Å². The van der Waals surface area contributed by atoms with E-state index >= 15 is 0 Å². The number of aliphatic hydroxyl groups is 1. The van der Waals surface area contributed by atoms with Gasteiger partial charge in [-0.25, -0.2) is 14.5 Å². The predicted molar refractivity (Wildman–Crippen MR) is 147 cm³/mol. The minimum atomic E-state index is -1.12. The maximum absolute atomic E-state index is 11.5. The first kappa shape index (κ1) is 26.5. The van der Waals surface area contributed by atoms with Crippen LogP contribution in [-0.2, 0) is 16.9 Å². The Morgan fingerprint density at radius 3 is 2.54 bits per heavy atom. The third-order valence-corrected chi connectivity index (χ3v) is 9.25. The fourth-order valence-corrected chi connectivity index (χ4v) is 6.84. The van der Waals surface area contributed by atoms with Gasteiger partial charge in [-0.3, -0.25) is 0 Å². The number of ether oxygens (including phenoxy) is 2. The number of carbonyl (C=O) groups is 1. The molecule has 0 spiro atoms. The van der Waals surface area contributed by atoms with Gasteiger partial charge in [-0.15, -0.1) is 16.4 Å². The molecule has 204 valence electrons. The van der Waals surface area contributed by atoms with Gasteiger partial charge in [0, 0.05) is 5.92 Å². The number of fused-ring (bicyclic) bond motifs is 1. The van der Waals surface area contributed by atoms with Gasteiger partial charge in [-0.2, -0.15) is 0 Å². The standard InChI is InChI=1S/C27H26Cl2N4O5S/c1-37-20-11-15(25(34)35)12-21-23(20)30-26(39-21)27(36)9-7-16(8-10-27)38-13-19-22(14-5-6-14)31-32-33(19)24-17(28)3-2-4-18(24)29/h2-4,11-12,14,16,36H,5-10,13H2,1H3,(H,34,35). The summed E-state index contributed by atoms with van der Waals surface area (Å²) in [6.07, 6.45) is 4.28. The van der Waals surface area contributed by atoms with Gasteiger partial charge in [0.1, 0.15) is 27.6 Å². The Balaban J connectivity index is 1.18. The van der Waals surface area contributed by atoms with Gasteiger partial charge in [0.15, 0.2) is 0 Å². The van der Waals surface area contributed by atoms with Crippen LogP contribution >= 0.6 is 34.5 Å². The molecule has 0 saturated heterocycles. The normalized spacial score (nSPS) is 21.4. The molecule has 0 amide bonds. The van der Waals surface area contributed by atoms with Crippen molar-refractivity contribution in [3.63, 3.8) is 0 Å². The lowest BCUT2D eigenvalue weighted by molar-refractivity contribution is -0.0648. The molecule has 0 radical (unpaired) electrons. The second-order valence-corrected chi connectivity index (χ2v) is 11.9. The zero-order valence-corrected chi connectivity index (χ0v) is 23.4. The Kier molecular flexibility index (Phi) is 7.01. The Morgan fingerprint density at radius 2 is 1.90 bits per heavy atom. The van der Waals surface area contributed by atoms with Crippen LogP contribution in [0.2, 0.25) is 10.0 Å². The predicted octanol–water partition coefficient (Wildman–Crippen LogP) is 6.12. The molecule has 0 aliphatic heterocycles. The van der Waals surface area contributed by atoms with Crippen molar-refractivity contribution in [2.24, 2.45) is 0 Å². The summed E-state index contributed by atoms with van der Waals surface area (Å²) in [4.78, 5) is 16.2. The molecule has 0 bridgehead atoms. The van der Waals surface area contributed by atoms with Crippen LogP contribution in [0.3, 0.4) is 0 Å². The van der Waals surface area contributed by atoms with Crippen LogP contribution in [0.25, 0.3) is 15.9 Å². The van der Waals surface area contributed by atoms with Crippen LogP contribution in [0.15, 0.2) is 30.3 Å². The first-order chi connectivity index (χ1) is 18.8. The number of carboxylic acid groups (broad SMARTS) is 1. The fraction of sp³-hybridized carbons (Fsp3) is 0.407. The topological polar surface area (TPSA) is 120 Å². The molecule has 9 nitrogen and oxygen atoms in total. The van der Waals surface area contributed by atoms with Gasteiger partial charge < -0.3 is 19.7 Å². The largest absolute Gasteiger partial charge is 0.494 e. The van der Waals surface area contributed by atoms with Crippen LogP contribution in [0, 0.1) is 0 Å². The van der Waals surface area contributed by atoms with Crippen LogP contribution < -0.4 is 4.74 Å². The van der Waals surface area contributed by atoms with Crippen molar-refractivity contribution >= 4 is 50.7 Å². The number of aromatic carboxylic acids is 1. The van der Waals surface area contributed by atoms with E-state index in [2.05, 4.69) is 15.3 Å². The van der Waals surface area contributed by atoms with Crippen LogP contribution in [0.4, 0.5) is 0 Å². The number of aromatic nitrogens is 4. The first-order valence-electron chi connectivity index (χ1n) is 12.7. The Hall–Kier alpha value is -2.76. The third kappa shape index (κ3) is 5.00. The van der Waals surface area contributed by atoms with E-state index in [1.165, 1.54) is 24.5 Å². The molecule has 2 aliphatic rings. The van der Waals surface area contributed by atoms with E-state index in [1.807, 2.05) is 0 Å². The molecule has 12 heteroatoms. The number of benzene rings is 2. The molecule has 2 aliphatic carbocycles. The number of halogens is 2. The first-order valence-corrected chi connectivity index (χ1v) is 14.3. The number of thiazole rings is 1. The van der Waals surface area contributed by atoms with Gasteiger partial charge in [0.05, 0.1) is 51.5 Å². The highest BCUT2D eigenvalue weighted by atomic mass is 35.5. The van der Waals surface area contributed by atoms with Crippen molar-refractivity contribution < 1.29 is 24.5 Å². The molecular formula is C27H26Cl2N4O5S. The van der Waals surface area contributed by atoms with Crippen molar-refractivity contribution in [2.75, 3.05) is 7.11 Å². The van der Waals surface area contributed by atoms with E-state index in [-0.39, 0.29) is 11.7 Å². The van der Waals surface area contributed by atoms with Crippen LogP contribution in [0.1, 0.15) is 71.2 Å². The second-order valence-electron chi connectivity index (χ2n) is 10.1. The van der Waals surface area contributed by atoms with E-state index < -0.39 is 11.6 Å². The molecule has 6 rings (SSSR count). The molecule has 0 unspecified atom stereocenters. The summed E-state index contributed by atoms with van der Waals surface area (Å²) in [5.74, 6) is -0.296. The highest BCUT2D eigenvalue weighted by Gasteiger charge is 2.39. The highest BCUT2D eigenvalue weighted by Crippen LogP contribution is 2.44. The maximum Gasteiger partial charge on any atom is 0.335 e. The van der Waals surface area contributed by atoms with Crippen LogP contribution in [-0.4, -0.2) is 49.4 Å². The Labute approximate surface area is 238 Å². The third-order valence-electron chi connectivity index (χ3n) is 7.45. The molecule has 39 heavy (non-hydrogen) atoms. The summed E-state index contributed by atoms with van der Waals surface area (Å²) in [5.41, 5.74) is 1.92. The van der Waals surface area contributed by atoms with Gasteiger partial charge in [0.25, 0.3) is 0 Å². The molecule has 4 aromatic rings. The molecule has 2 aromatic heterocycles. The maximum atomic E-state index is 11.5. The lowest BCUT2D eigenvalue weighted by Crippen LogP contribution is -2.34. The zero-order chi connectivity index (χ0) is 27.3. The summed E-state index contributed by atoms with van der Waals surface area (Å²) in [5, 5.41) is 31.3. The van der Waals surface area contributed by atoms with Gasteiger partial charge >= 0.3 is 5.97 Å². The second kappa shape index (κ2) is 10.3.